The molecule has 130 valence electrons. The fourth-order valence-electron chi connectivity index (χ4n) is 2.09. The predicted molar refractivity (Wildman–Crippen MR) is 100 cm³/mol. The van der Waals surface area contributed by atoms with Crippen LogP contribution < -0.4 is 16.0 Å². The highest BCUT2D eigenvalue weighted by atomic mass is 35.5. The Kier molecular flexibility index (Phi) is 9.53. The standard InChI is InChI=1S/C18H23N3O2.ClH/c1-23-13-12-19-10-11-20-18(22)15-6-5-9-17(14-15)21-16-7-3-2-4-8-16;/h2-9,14,19,21H,10-13H2,1H3,(H,20,22);1H. The summed E-state index contributed by atoms with van der Waals surface area (Å²) in [4.78, 5) is 12.1. The molecule has 0 saturated heterocycles. The molecule has 1 amide bonds. The van der Waals surface area contributed by atoms with Gasteiger partial charge < -0.3 is 20.7 Å². The van der Waals surface area contributed by atoms with Crippen LogP contribution in [0.2, 0.25) is 0 Å². The van der Waals surface area contributed by atoms with Gasteiger partial charge in [-0.05, 0) is 30.3 Å². The van der Waals surface area contributed by atoms with E-state index in [0.29, 0.717) is 18.7 Å². The summed E-state index contributed by atoms with van der Waals surface area (Å²) in [7, 11) is 1.67. The Morgan fingerprint density at radius 2 is 1.71 bits per heavy atom. The normalized spacial score (nSPS) is 9.88. The van der Waals surface area contributed by atoms with Crippen LogP contribution in [0.3, 0.4) is 0 Å². The minimum absolute atomic E-state index is 0. The van der Waals surface area contributed by atoms with Gasteiger partial charge in [-0.15, -0.1) is 12.4 Å². The average molecular weight is 350 g/mol. The Hall–Kier alpha value is -2.08. The SMILES string of the molecule is COCCNCCNC(=O)c1cccc(Nc2ccccc2)c1.Cl. The summed E-state index contributed by atoms with van der Waals surface area (Å²) >= 11 is 0. The molecule has 0 aliphatic heterocycles. The number of methoxy groups -OCH3 is 1. The lowest BCUT2D eigenvalue weighted by atomic mass is 10.2. The quantitative estimate of drug-likeness (QED) is 0.609. The molecule has 0 fully saturated rings. The van der Waals surface area contributed by atoms with Gasteiger partial charge in [-0.2, -0.15) is 0 Å². The monoisotopic (exact) mass is 349 g/mol. The first kappa shape index (κ1) is 20.0. The molecule has 0 aromatic heterocycles. The first-order valence-corrected chi connectivity index (χ1v) is 7.69. The number of nitrogens with one attached hydrogen (secondary N) is 3. The summed E-state index contributed by atoms with van der Waals surface area (Å²) in [5.74, 6) is -0.0738. The maximum Gasteiger partial charge on any atom is 0.251 e. The van der Waals surface area contributed by atoms with Crippen LogP contribution in [-0.4, -0.2) is 39.3 Å². The number of carbonyl (C=O) groups excluding carboxylic acids is 1. The smallest absolute Gasteiger partial charge is 0.251 e. The first-order chi connectivity index (χ1) is 11.3. The van der Waals surface area contributed by atoms with Gasteiger partial charge in [0.15, 0.2) is 0 Å². The van der Waals surface area contributed by atoms with Crippen LogP contribution in [-0.2, 0) is 4.74 Å². The molecule has 24 heavy (non-hydrogen) atoms. The molecule has 2 aromatic carbocycles. The fraction of sp³-hybridized carbons (Fsp3) is 0.278. The van der Waals surface area contributed by atoms with Crippen LogP contribution in [0, 0.1) is 0 Å². The van der Waals surface area contributed by atoms with Gasteiger partial charge in [0.1, 0.15) is 0 Å². The van der Waals surface area contributed by atoms with Gasteiger partial charge in [0.05, 0.1) is 6.61 Å². The van der Waals surface area contributed by atoms with E-state index in [2.05, 4.69) is 16.0 Å². The zero-order chi connectivity index (χ0) is 16.3. The number of anilines is 2. The van der Waals surface area contributed by atoms with Crippen molar-refractivity contribution in [2.75, 3.05) is 38.7 Å². The van der Waals surface area contributed by atoms with Crippen LogP contribution in [0.15, 0.2) is 54.6 Å². The Bertz CT molecular complexity index is 608. The lowest BCUT2D eigenvalue weighted by Crippen LogP contribution is -2.33. The van der Waals surface area contributed by atoms with Gasteiger partial charge in [-0.25, -0.2) is 0 Å². The molecule has 0 unspecified atom stereocenters. The predicted octanol–water partition coefficient (Wildman–Crippen LogP) is 2.82. The zero-order valence-electron chi connectivity index (χ0n) is 13.7. The molecular weight excluding hydrogens is 326 g/mol. The van der Waals surface area contributed by atoms with Crippen LogP contribution in [0.1, 0.15) is 10.4 Å². The molecule has 0 heterocycles. The number of amides is 1. The van der Waals surface area contributed by atoms with Crippen LogP contribution in [0.4, 0.5) is 11.4 Å². The minimum Gasteiger partial charge on any atom is -0.383 e. The van der Waals surface area contributed by atoms with Crippen molar-refractivity contribution in [1.29, 1.82) is 0 Å². The molecule has 0 aliphatic carbocycles. The van der Waals surface area contributed by atoms with E-state index in [1.165, 1.54) is 0 Å². The third-order valence-corrected chi connectivity index (χ3v) is 3.26. The second kappa shape index (κ2) is 11.5. The van der Waals surface area contributed by atoms with E-state index in [1.807, 2.05) is 54.6 Å². The van der Waals surface area contributed by atoms with Gasteiger partial charge in [-0.1, -0.05) is 24.3 Å². The summed E-state index contributed by atoms with van der Waals surface area (Å²) < 4.78 is 4.94. The van der Waals surface area contributed by atoms with Crippen molar-refractivity contribution in [3.05, 3.63) is 60.2 Å². The van der Waals surface area contributed by atoms with Crippen molar-refractivity contribution in [2.45, 2.75) is 0 Å². The van der Waals surface area contributed by atoms with Gasteiger partial charge >= 0.3 is 0 Å². The fourth-order valence-corrected chi connectivity index (χ4v) is 2.09. The molecule has 5 nitrogen and oxygen atoms in total. The average Bonchev–Trinajstić information content (AvgIpc) is 2.59. The number of para-hydroxylation sites is 1. The van der Waals surface area contributed by atoms with Crippen molar-refractivity contribution in [1.82, 2.24) is 10.6 Å². The largest absolute Gasteiger partial charge is 0.383 e. The maximum absolute atomic E-state index is 12.1. The first-order valence-electron chi connectivity index (χ1n) is 7.69. The van der Waals surface area contributed by atoms with E-state index in [0.717, 1.165) is 24.5 Å². The molecule has 0 aliphatic rings. The topological polar surface area (TPSA) is 62.4 Å². The molecule has 0 saturated carbocycles. The number of hydrogen-bond acceptors (Lipinski definition) is 4. The number of benzene rings is 2. The van der Waals surface area contributed by atoms with E-state index in [-0.39, 0.29) is 18.3 Å². The molecule has 3 N–H and O–H groups in total. The van der Waals surface area contributed by atoms with Crippen molar-refractivity contribution in [3.8, 4) is 0 Å². The highest BCUT2D eigenvalue weighted by Crippen LogP contribution is 2.17. The Morgan fingerprint density at radius 1 is 0.958 bits per heavy atom. The maximum atomic E-state index is 12.1. The molecular formula is C18H24ClN3O2. The Labute approximate surface area is 149 Å². The third-order valence-electron chi connectivity index (χ3n) is 3.26. The molecule has 2 aromatic rings. The number of ether oxygens (including phenoxy) is 1. The summed E-state index contributed by atoms with van der Waals surface area (Å²) in [5.41, 5.74) is 2.53. The van der Waals surface area contributed by atoms with E-state index in [9.17, 15) is 4.79 Å². The number of halogens is 1. The second-order valence-electron chi connectivity index (χ2n) is 5.07. The van der Waals surface area contributed by atoms with E-state index in [4.69, 9.17) is 4.74 Å². The molecule has 2 rings (SSSR count). The molecule has 6 heteroatoms. The lowest BCUT2D eigenvalue weighted by molar-refractivity contribution is 0.0953. The molecule has 0 radical (unpaired) electrons. The summed E-state index contributed by atoms with van der Waals surface area (Å²) in [5, 5.41) is 9.37. The number of carbonyl (C=O) groups is 1. The second-order valence-corrected chi connectivity index (χ2v) is 5.07. The molecule has 0 spiro atoms. The van der Waals surface area contributed by atoms with E-state index in [1.54, 1.807) is 7.11 Å². The van der Waals surface area contributed by atoms with Gasteiger partial charge in [-0.3, -0.25) is 4.79 Å². The molecule has 0 atom stereocenters. The van der Waals surface area contributed by atoms with Crippen molar-refractivity contribution < 1.29 is 9.53 Å². The van der Waals surface area contributed by atoms with Crippen LogP contribution >= 0.6 is 12.4 Å². The van der Waals surface area contributed by atoms with Gasteiger partial charge in [0.25, 0.3) is 5.91 Å². The molecule has 0 bridgehead atoms. The van der Waals surface area contributed by atoms with Gasteiger partial charge in [0.2, 0.25) is 0 Å². The Balaban J connectivity index is 0.00000288. The highest BCUT2D eigenvalue weighted by molar-refractivity contribution is 5.95. The number of hydrogen-bond donors (Lipinski definition) is 3. The van der Waals surface area contributed by atoms with Crippen molar-refractivity contribution >= 4 is 29.7 Å². The number of rotatable bonds is 9. The van der Waals surface area contributed by atoms with E-state index < -0.39 is 0 Å². The third kappa shape index (κ3) is 7.00. The van der Waals surface area contributed by atoms with Crippen LogP contribution in [0.25, 0.3) is 0 Å². The van der Waals surface area contributed by atoms with Crippen molar-refractivity contribution in [2.24, 2.45) is 0 Å². The summed E-state index contributed by atoms with van der Waals surface area (Å²) in [6.07, 6.45) is 0. The summed E-state index contributed by atoms with van der Waals surface area (Å²) in [6, 6.07) is 17.3. The Morgan fingerprint density at radius 3 is 2.46 bits per heavy atom. The zero-order valence-corrected chi connectivity index (χ0v) is 14.6. The summed E-state index contributed by atoms with van der Waals surface area (Å²) in [6.45, 7) is 2.75. The van der Waals surface area contributed by atoms with E-state index >= 15 is 0 Å². The lowest BCUT2D eigenvalue weighted by Gasteiger charge is -2.09. The van der Waals surface area contributed by atoms with Gasteiger partial charge in [0, 0.05) is 43.7 Å². The minimum atomic E-state index is -0.0738. The van der Waals surface area contributed by atoms with Crippen LogP contribution in [0.5, 0.6) is 0 Å². The van der Waals surface area contributed by atoms with Crippen molar-refractivity contribution in [3.63, 3.8) is 0 Å². The highest BCUT2D eigenvalue weighted by Gasteiger charge is 2.05.